The largest absolute Gasteiger partial charge is 0.496 e. The van der Waals surface area contributed by atoms with E-state index in [0.29, 0.717) is 30.2 Å². The third kappa shape index (κ3) is 5.32. The standard InChI is InChI=1S/C20H23NO5/c1-4-25-13-16-12-15(10-11-18(16)24-3)20(23)26-14(2)19(22)21-17-8-6-5-7-9-17/h5-12,14H,4,13H2,1-3H3,(H,21,22)/t14-/m0/s1. The van der Waals surface area contributed by atoms with Crippen molar-refractivity contribution in [1.82, 2.24) is 0 Å². The van der Waals surface area contributed by atoms with Crippen LogP contribution in [0.3, 0.4) is 0 Å². The Morgan fingerprint density at radius 3 is 2.50 bits per heavy atom. The second-order valence-electron chi connectivity index (χ2n) is 5.57. The number of rotatable bonds is 8. The van der Waals surface area contributed by atoms with Gasteiger partial charge in [-0.1, -0.05) is 18.2 Å². The Hall–Kier alpha value is -2.86. The molecule has 2 rings (SSSR count). The lowest BCUT2D eigenvalue weighted by molar-refractivity contribution is -0.123. The summed E-state index contributed by atoms with van der Waals surface area (Å²) in [5.74, 6) is -0.349. The monoisotopic (exact) mass is 357 g/mol. The normalized spacial score (nSPS) is 11.5. The number of ether oxygens (including phenoxy) is 3. The van der Waals surface area contributed by atoms with Gasteiger partial charge in [0, 0.05) is 17.9 Å². The Morgan fingerprint density at radius 2 is 1.85 bits per heavy atom. The van der Waals surface area contributed by atoms with Crippen molar-refractivity contribution >= 4 is 17.6 Å². The molecular formula is C20H23NO5. The molecular weight excluding hydrogens is 334 g/mol. The SMILES string of the molecule is CCOCc1cc(C(=O)O[C@@H](C)C(=O)Nc2ccccc2)ccc1OC. The lowest BCUT2D eigenvalue weighted by Gasteiger charge is -2.15. The van der Waals surface area contributed by atoms with Crippen LogP contribution in [0.25, 0.3) is 0 Å². The third-order valence-electron chi connectivity index (χ3n) is 3.67. The maximum atomic E-state index is 12.4. The fraction of sp³-hybridized carbons (Fsp3) is 0.300. The van der Waals surface area contributed by atoms with E-state index in [1.807, 2.05) is 25.1 Å². The lowest BCUT2D eigenvalue weighted by atomic mass is 10.1. The van der Waals surface area contributed by atoms with Crippen molar-refractivity contribution in [1.29, 1.82) is 0 Å². The fourth-order valence-electron chi connectivity index (χ4n) is 2.28. The van der Waals surface area contributed by atoms with Gasteiger partial charge in [-0.05, 0) is 44.2 Å². The Bertz CT molecular complexity index is 745. The number of nitrogens with one attached hydrogen (secondary N) is 1. The van der Waals surface area contributed by atoms with E-state index in [1.54, 1.807) is 37.4 Å². The van der Waals surface area contributed by atoms with Crippen LogP contribution in [0, 0.1) is 0 Å². The topological polar surface area (TPSA) is 73.9 Å². The molecule has 0 saturated carbocycles. The van der Waals surface area contributed by atoms with Gasteiger partial charge >= 0.3 is 5.97 Å². The number of methoxy groups -OCH3 is 1. The molecule has 6 nitrogen and oxygen atoms in total. The highest BCUT2D eigenvalue weighted by Crippen LogP contribution is 2.21. The van der Waals surface area contributed by atoms with Crippen molar-refractivity contribution in [3.05, 3.63) is 59.7 Å². The average Bonchev–Trinajstić information content (AvgIpc) is 2.66. The highest BCUT2D eigenvalue weighted by atomic mass is 16.5. The summed E-state index contributed by atoms with van der Waals surface area (Å²) in [4.78, 5) is 24.5. The first-order chi connectivity index (χ1) is 12.5. The van der Waals surface area contributed by atoms with E-state index in [0.717, 1.165) is 5.56 Å². The van der Waals surface area contributed by atoms with Crippen LogP contribution in [-0.4, -0.2) is 31.7 Å². The third-order valence-corrected chi connectivity index (χ3v) is 3.67. The molecule has 0 heterocycles. The zero-order valence-corrected chi connectivity index (χ0v) is 15.2. The molecule has 0 fully saturated rings. The van der Waals surface area contributed by atoms with Gasteiger partial charge in [0.05, 0.1) is 19.3 Å². The Labute approximate surface area is 153 Å². The minimum atomic E-state index is -0.930. The van der Waals surface area contributed by atoms with Gasteiger partial charge in [-0.15, -0.1) is 0 Å². The summed E-state index contributed by atoms with van der Waals surface area (Å²) in [6.45, 7) is 4.29. The summed E-state index contributed by atoms with van der Waals surface area (Å²) in [6.07, 6.45) is -0.930. The minimum absolute atomic E-state index is 0.324. The predicted molar refractivity (Wildman–Crippen MR) is 98.3 cm³/mol. The molecule has 6 heteroatoms. The highest BCUT2D eigenvalue weighted by Gasteiger charge is 2.20. The number of carbonyl (C=O) groups excluding carboxylic acids is 2. The summed E-state index contributed by atoms with van der Waals surface area (Å²) in [5.41, 5.74) is 1.72. The molecule has 0 bridgehead atoms. The number of para-hydroxylation sites is 1. The van der Waals surface area contributed by atoms with Crippen molar-refractivity contribution < 1.29 is 23.8 Å². The summed E-state index contributed by atoms with van der Waals surface area (Å²) in [7, 11) is 1.55. The summed E-state index contributed by atoms with van der Waals surface area (Å²) >= 11 is 0. The minimum Gasteiger partial charge on any atom is -0.496 e. The number of esters is 1. The van der Waals surface area contributed by atoms with Gasteiger partial charge in [0.1, 0.15) is 5.75 Å². The molecule has 0 saturated heterocycles. The van der Waals surface area contributed by atoms with E-state index in [4.69, 9.17) is 14.2 Å². The number of anilines is 1. The zero-order valence-electron chi connectivity index (χ0n) is 15.2. The van der Waals surface area contributed by atoms with Crippen molar-refractivity contribution in [3.63, 3.8) is 0 Å². The van der Waals surface area contributed by atoms with Gasteiger partial charge < -0.3 is 19.5 Å². The van der Waals surface area contributed by atoms with Crippen LogP contribution in [0.2, 0.25) is 0 Å². The quantitative estimate of drug-likeness (QED) is 0.733. The van der Waals surface area contributed by atoms with Crippen LogP contribution in [0.5, 0.6) is 5.75 Å². The smallest absolute Gasteiger partial charge is 0.338 e. The molecule has 1 atom stereocenters. The van der Waals surface area contributed by atoms with E-state index >= 15 is 0 Å². The number of carbonyl (C=O) groups is 2. The highest BCUT2D eigenvalue weighted by molar-refractivity contribution is 5.97. The zero-order chi connectivity index (χ0) is 18.9. The van der Waals surface area contributed by atoms with E-state index in [-0.39, 0.29) is 0 Å². The summed E-state index contributed by atoms with van der Waals surface area (Å²) in [5, 5.41) is 2.70. The molecule has 0 spiro atoms. The molecule has 0 aliphatic heterocycles. The van der Waals surface area contributed by atoms with Gasteiger partial charge in [0.25, 0.3) is 5.91 Å². The summed E-state index contributed by atoms with van der Waals surface area (Å²) < 4.78 is 15.9. The van der Waals surface area contributed by atoms with Crippen LogP contribution < -0.4 is 10.1 Å². The molecule has 2 aromatic carbocycles. The van der Waals surface area contributed by atoms with E-state index in [9.17, 15) is 9.59 Å². The first-order valence-corrected chi connectivity index (χ1v) is 8.36. The molecule has 0 unspecified atom stereocenters. The maximum Gasteiger partial charge on any atom is 0.338 e. The van der Waals surface area contributed by atoms with Crippen molar-refractivity contribution in [2.24, 2.45) is 0 Å². The second-order valence-corrected chi connectivity index (χ2v) is 5.57. The molecule has 1 amide bonds. The number of amides is 1. The van der Waals surface area contributed by atoms with Gasteiger partial charge in [-0.2, -0.15) is 0 Å². The second kappa shape index (κ2) is 9.58. The van der Waals surface area contributed by atoms with Gasteiger partial charge in [0.15, 0.2) is 6.10 Å². The fourth-order valence-corrected chi connectivity index (χ4v) is 2.28. The van der Waals surface area contributed by atoms with Crippen molar-refractivity contribution in [2.75, 3.05) is 19.0 Å². The van der Waals surface area contributed by atoms with Crippen molar-refractivity contribution in [3.8, 4) is 5.75 Å². The first-order valence-electron chi connectivity index (χ1n) is 8.36. The van der Waals surface area contributed by atoms with Crippen LogP contribution in [-0.2, 0) is 20.9 Å². The molecule has 26 heavy (non-hydrogen) atoms. The van der Waals surface area contributed by atoms with E-state index in [2.05, 4.69) is 5.32 Å². The van der Waals surface area contributed by atoms with Crippen LogP contribution >= 0.6 is 0 Å². The van der Waals surface area contributed by atoms with Crippen LogP contribution in [0.4, 0.5) is 5.69 Å². The maximum absolute atomic E-state index is 12.4. The van der Waals surface area contributed by atoms with Gasteiger partial charge in [-0.3, -0.25) is 4.79 Å². The summed E-state index contributed by atoms with van der Waals surface area (Å²) in [6, 6.07) is 13.9. The Balaban J connectivity index is 2.02. The molecule has 1 N–H and O–H groups in total. The Morgan fingerprint density at radius 1 is 1.12 bits per heavy atom. The average molecular weight is 357 g/mol. The number of benzene rings is 2. The van der Waals surface area contributed by atoms with Gasteiger partial charge in [-0.25, -0.2) is 4.79 Å². The molecule has 0 aliphatic rings. The van der Waals surface area contributed by atoms with Gasteiger partial charge in [0.2, 0.25) is 0 Å². The molecule has 0 radical (unpaired) electrons. The molecule has 2 aromatic rings. The first kappa shape index (κ1) is 19.5. The lowest BCUT2D eigenvalue weighted by Crippen LogP contribution is -2.30. The van der Waals surface area contributed by atoms with Crippen LogP contribution in [0.15, 0.2) is 48.5 Å². The number of hydrogen-bond acceptors (Lipinski definition) is 5. The Kier molecular flexibility index (Phi) is 7.17. The van der Waals surface area contributed by atoms with E-state index in [1.165, 1.54) is 6.92 Å². The molecule has 0 aliphatic carbocycles. The van der Waals surface area contributed by atoms with E-state index < -0.39 is 18.0 Å². The molecule has 0 aromatic heterocycles. The van der Waals surface area contributed by atoms with Crippen LogP contribution in [0.1, 0.15) is 29.8 Å². The number of hydrogen-bond donors (Lipinski definition) is 1. The van der Waals surface area contributed by atoms with Crippen molar-refractivity contribution in [2.45, 2.75) is 26.6 Å². The predicted octanol–water partition coefficient (Wildman–Crippen LogP) is 3.42. The molecule has 138 valence electrons.